The third-order valence-electron chi connectivity index (χ3n) is 2.54. The molecule has 0 aromatic heterocycles. The summed E-state index contributed by atoms with van der Waals surface area (Å²) in [7, 11) is 0. The van der Waals surface area contributed by atoms with E-state index in [0.717, 1.165) is 12.8 Å². The SMILES string of the molecule is CC(=O)C(Br)C(=O)NC1CCCCC1. The Hall–Kier alpha value is -0.380. The van der Waals surface area contributed by atoms with Crippen molar-refractivity contribution in [3.05, 3.63) is 0 Å². The van der Waals surface area contributed by atoms with Crippen LogP contribution < -0.4 is 5.32 Å². The molecule has 0 spiro atoms. The van der Waals surface area contributed by atoms with Gasteiger partial charge in [0.15, 0.2) is 10.6 Å². The average Bonchev–Trinajstić information content (AvgIpc) is 2.18. The monoisotopic (exact) mass is 261 g/mol. The number of Topliss-reactive ketones (excluding diaryl/α,β-unsaturated/α-hetero) is 1. The van der Waals surface area contributed by atoms with E-state index in [4.69, 9.17) is 0 Å². The molecular formula is C10H16BrNO2. The Morgan fingerprint density at radius 2 is 1.86 bits per heavy atom. The van der Waals surface area contributed by atoms with E-state index in [2.05, 4.69) is 21.2 Å². The molecule has 0 bridgehead atoms. The lowest BCUT2D eigenvalue weighted by Gasteiger charge is -2.23. The first-order valence-electron chi connectivity index (χ1n) is 5.06. The van der Waals surface area contributed by atoms with E-state index in [9.17, 15) is 9.59 Å². The van der Waals surface area contributed by atoms with Gasteiger partial charge in [-0.15, -0.1) is 0 Å². The number of amides is 1. The second kappa shape index (κ2) is 5.49. The standard InChI is InChI=1S/C10H16BrNO2/c1-7(13)9(11)10(14)12-8-5-3-2-4-6-8/h8-9H,2-6H2,1H3,(H,12,14). The third kappa shape index (κ3) is 3.40. The van der Waals surface area contributed by atoms with E-state index < -0.39 is 4.83 Å². The number of ketones is 1. The Balaban J connectivity index is 2.35. The molecule has 1 rings (SSSR count). The van der Waals surface area contributed by atoms with E-state index in [1.807, 2.05) is 0 Å². The van der Waals surface area contributed by atoms with Gasteiger partial charge in [-0.25, -0.2) is 0 Å². The average molecular weight is 262 g/mol. The topological polar surface area (TPSA) is 46.2 Å². The van der Waals surface area contributed by atoms with Gasteiger partial charge < -0.3 is 5.32 Å². The zero-order valence-corrected chi connectivity index (χ0v) is 9.97. The van der Waals surface area contributed by atoms with Gasteiger partial charge in [-0.3, -0.25) is 9.59 Å². The van der Waals surface area contributed by atoms with Gasteiger partial charge in [0, 0.05) is 6.04 Å². The Morgan fingerprint density at radius 3 is 2.36 bits per heavy atom. The Kier molecular flexibility index (Phi) is 4.58. The van der Waals surface area contributed by atoms with Crippen molar-refractivity contribution >= 4 is 27.6 Å². The summed E-state index contributed by atoms with van der Waals surface area (Å²) >= 11 is 3.07. The fourth-order valence-corrected chi connectivity index (χ4v) is 1.84. The van der Waals surface area contributed by atoms with Crippen molar-refractivity contribution < 1.29 is 9.59 Å². The lowest BCUT2D eigenvalue weighted by molar-refractivity contribution is -0.126. The summed E-state index contributed by atoms with van der Waals surface area (Å²) in [5.74, 6) is -0.331. The summed E-state index contributed by atoms with van der Waals surface area (Å²) < 4.78 is 0. The van der Waals surface area contributed by atoms with Gasteiger partial charge in [0.25, 0.3) is 0 Å². The van der Waals surface area contributed by atoms with Crippen LogP contribution in [0.4, 0.5) is 0 Å². The second-order valence-corrected chi connectivity index (χ2v) is 4.73. The normalized spacial score (nSPS) is 20.1. The molecule has 80 valence electrons. The molecule has 1 atom stereocenters. The second-order valence-electron chi connectivity index (χ2n) is 3.82. The van der Waals surface area contributed by atoms with Gasteiger partial charge in [0.2, 0.25) is 5.91 Å². The zero-order valence-electron chi connectivity index (χ0n) is 8.38. The number of carbonyl (C=O) groups is 2. The number of nitrogens with one attached hydrogen (secondary N) is 1. The number of alkyl halides is 1. The minimum Gasteiger partial charge on any atom is -0.352 e. The molecule has 1 aliphatic carbocycles. The smallest absolute Gasteiger partial charge is 0.241 e. The van der Waals surface area contributed by atoms with Gasteiger partial charge in [-0.05, 0) is 19.8 Å². The largest absolute Gasteiger partial charge is 0.352 e. The Bertz CT molecular complexity index is 224. The van der Waals surface area contributed by atoms with Crippen molar-refractivity contribution in [2.24, 2.45) is 0 Å². The molecule has 1 N–H and O–H groups in total. The van der Waals surface area contributed by atoms with Crippen LogP contribution in [0.3, 0.4) is 0 Å². The highest BCUT2D eigenvalue weighted by atomic mass is 79.9. The molecule has 4 heteroatoms. The van der Waals surface area contributed by atoms with Crippen molar-refractivity contribution in [1.29, 1.82) is 0 Å². The van der Waals surface area contributed by atoms with Gasteiger partial charge in [-0.1, -0.05) is 35.2 Å². The molecule has 0 aromatic carbocycles. The van der Waals surface area contributed by atoms with Gasteiger partial charge in [-0.2, -0.15) is 0 Å². The summed E-state index contributed by atoms with van der Waals surface area (Å²) in [5, 5.41) is 2.89. The maximum Gasteiger partial charge on any atom is 0.241 e. The van der Waals surface area contributed by atoms with Crippen LogP contribution in [0.15, 0.2) is 0 Å². The molecule has 0 heterocycles. The lowest BCUT2D eigenvalue weighted by atomic mass is 9.95. The van der Waals surface area contributed by atoms with Crippen molar-refractivity contribution in [2.75, 3.05) is 0 Å². The fourth-order valence-electron chi connectivity index (χ4n) is 1.71. The summed E-state index contributed by atoms with van der Waals surface area (Å²) in [6, 6.07) is 0.274. The van der Waals surface area contributed by atoms with Crippen molar-refractivity contribution in [2.45, 2.75) is 49.9 Å². The quantitative estimate of drug-likeness (QED) is 0.622. The molecule has 1 amide bonds. The molecule has 1 fully saturated rings. The maximum absolute atomic E-state index is 11.5. The highest BCUT2D eigenvalue weighted by Gasteiger charge is 2.23. The van der Waals surface area contributed by atoms with Crippen LogP contribution in [-0.4, -0.2) is 22.6 Å². The summed E-state index contributed by atoms with van der Waals surface area (Å²) in [4.78, 5) is 21.7. The van der Waals surface area contributed by atoms with Crippen LogP contribution in [0.1, 0.15) is 39.0 Å². The molecule has 0 aromatic rings. The minimum atomic E-state index is -0.676. The summed E-state index contributed by atoms with van der Waals surface area (Å²) in [6.07, 6.45) is 5.71. The third-order valence-corrected chi connectivity index (χ3v) is 3.60. The Morgan fingerprint density at radius 1 is 1.29 bits per heavy atom. The minimum absolute atomic E-state index is 0.140. The maximum atomic E-state index is 11.5. The molecule has 0 saturated heterocycles. The molecule has 0 radical (unpaired) electrons. The van der Waals surface area contributed by atoms with Crippen LogP contribution in [0.25, 0.3) is 0 Å². The van der Waals surface area contributed by atoms with Crippen molar-refractivity contribution in [3.8, 4) is 0 Å². The lowest BCUT2D eigenvalue weighted by Crippen LogP contribution is -2.42. The van der Waals surface area contributed by atoms with Crippen molar-refractivity contribution in [1.82, 2.24) is 5.32 Å². The number of hydrogen-bond acceptors (Lipinski definition) is 2. The van der Waals surface area contributed by atoms with E-state index in [0.29, 0.717) is 0 Å². The fraction of sp³-hybridized carbons (Fsp3) is 0.800. The predicted molar refractivity (Wildman–Crippen MR) is 58.4 cm³/mol. The van der Waals surface area contributed by atoms with Gasteiger partial charge in [0.1, 0.15) is 0 Å². The van der Waals surface area contributed by atoms with Gasteiger partial charge in [0.05, 0.1) is 0 Å². The molecular weight excluding hydrogens is 246 g/mol. The molecule has 0 aliphatic heterocycles. The Labute approximate surface area is 92.8 Å². The van der Waals surface area contributed by atoms with E-state index in [1.54, 1.807) is 0 Å². The molecule has 14 heavy (non-hydrogen) atoms. The highest BCUT2D eigenvalue weighted by molar-refractivity contribution is 9.10. The zero-order chi connectivity index (χ0) is 10.6. The van der Waals surface area contributed by atoms with E-state index in [1.165, 1.54) is 26.2 Å². The van der Waals surface area contributed by atoms with E-state index >= 15 is 0 Å². The first kappa shape index (κ1) is 11.7. The number of halogens is 1. The van der Waals surface area contributed by atoms with Crippen LogP contribution in [0, 0.1) is 0 Å². The highest BCUT2D eigenvalue weighted by Crippen LogP contribution is 2.17. The van der Waals surface area contributed by atoms with Gasteiger partial charge >= 0.3 is 0 Å². The number of hydrogen-bond donors (Lipinski definition) is 1. The van der Waals surface area contributed by atoms with Crippen LogP contribution in [-0.2, 0) is 9.59 Å². The molecule has 3 nitrogen and oxygen atoms in total. The molecule has 1 saturated carbocycles. The molecule has 1 aliphatic rings. The first-order valence-corrected chi connectivity index (χ1v) is 5.97. The van der Waals surface area contributed by atoms with Crippen LogP contribution in [0.5, 0.6) is 0 Å². The van der Waals surface area contributed by atoms with E-state index in [-0.39, 0.29) is 17.7 Å². The number of carbonyl (C=O) groups excluding carboxylic acids is 2. The van der Waals surface area contributed by atoms with Crippen molar-refractivity contribution in [3.63, 3.8) is 0 Å². The predicted octanol–water partition coefficient (Wildman–Crippen LogP) is 1.79. The first-order chi connectivity index (χ1) is 6.61. The number of rotatable bonds is 3. The molecule has 1 unspecified atom stereocenters. The van der Waals surface area contributed by atoms with Crippen LogP contribution in [0.2, 0.25) is 0 Å². The summed E-state index contributed by atoms with van der Waals surface area (Å²) in [6.45, 7) is 1.42. The summed E-state index contributed by atoms with van der Waals surface area (Å²) in [5.41, 5.74) is 0. The van der Waals surface area contributed by atoms with Crippen LogP contribution >= 0.6 is 15.9 Å².